The van der Waals surface area contributed by atoms with E-state index in [-0.39, 0.29) is 5.57 Å². The average Bonchev–Trinajstić information content (AvgIpc) is 2.51. The Labute approximate surface area is 129 Å². The number of fused-ring (bicyclic) bond motifs is 1. The first-order chi connectivity index (χ1) is 10.9. The summed E-state index contributed by atoms with van der Waals surface area (Å²) in [5.41, 5.74) is 0.724. The van der Waals surface area contributed by atoms with Gasteiger partial charge in [-0.05, 0) is 35.4 Å². The molecule has 0 fully saturated rings. The molecule has 0 spiro atoms. The number of imide groups is 1. The van der Waals surface area contributed by atoms with Gasteiger partial charge in [0.05, 0.1) is 5.56 Å². The first-order valence-electron chi connectivity index (χ1n) is 6.70. The maximum atomic E-state index is 12.6. The third-order valence-electron chi connectivity index (χ3n) is 3.48. The fourth-order valence-corrected chi connectivity index (χ4v) is 2.35. The summed E-state index contributed by atoms with van der Waals surface area (Å²) in [6.45, 7) is 0. The number of rotatable bonds is 1. The zero-order valence-electron chi connectivity index (χ0n) is 11.6. The Morgan fingerprint density at radius 1 is 0.826 bits per heavy atom. The second-order valence-electron chi connectivity index (χ2n) is 5.01. The Kier molecular flexibility index (Phi) is 3.52. The number of benzene rings is 2. The number of carbonyl (C=O) groups is 2. The molecular weight excluding hydrogens is 307 g/mol. The van der Waals surface area contributed by atoms with Crippen LogP contribution in [0.2, 0.25) is 0 Å². The highest BCUT2D eigenvalue weighted by atomic mass is 19.4. The molecule has 2 aromatic carbocycles. The lowest BCUT2D eigenvalue weighted by atomic mass is 9.93. The lowest BCUT2D eigenvalue weighted by Crippen LogP contribution is -2.36. The minimum Gasteiger partial charge on any atom is -0.288 e. The van der Waals surface area contributed by atoms with Crippen LogP contribution in [0.5, 0.6) is 0 Å². The van der Waals surface area contributed by atoms with Crippen LogP contribution in [0.1, 0.15) is 27.0 Å². The monoisotopic (exact) mass is 317 g/mol. The molecule has 0 radical (unpaired) electrons. The topological polar surface area (TPSA) is 46.2 Å². The maximum Gasteiger partial charge on any atom is 0.416 e. The van der Waals surface area contributed by atoms with Crippen LogP contribution in [0.4, 0.5) is 13.2 Å². The third-order valence-corrected chi connectivity index (χ3v) is 3.48. The number of nitrogens with one attached hydrogen (secondary N) is 1. The minimum absolute atomic E-state index is 0.236. The van der Waals surface area contributed by atoms with E-state index in [1.54, 1.807) is 24.3 Å². The van der Waals surface area contributed by atoms with Gasteiger partial charge in [0.25, 0.3) is 11.8 Å². The average molecular weight is 317 g/mol. The second-order valence-corrected chi connectivity index (χ2v) is 5.01. The molecule has 2 aromatic rings. The first-order valence-corrected chi connectivity index (χ1v) is 6.70. The quantitative estimate of drug-likeness (QED) is 0.646. The molecule has 116 valence electrons. The van der Waals surface area contributed by atoms with Crippen LogP contribution in [0.15, 0.2) is 48.5 Å². The molecule has 1 N–H and O–H groups in total. The highest BCUT2D eigenvalue weighted by Crippen LogP contribution is 2.30. The summed E-state index contributed by atoms with van der Waals surface area (Å²) in [6.07, 6.45) is -2.95. The summed E-state index contributed by atoms with van der Waals surface area (Å²) in [4.78, 5) is 23.8. The zero-order chi connectivity index (χ0) is 16.6. The van der Waals surface area contributed by atoms with E-state index in [0.29, 0.717) is 16.7 Å². The predicted molar refractivity (Wildman–Crippen MR) is 78.2 cm³/mol. The molecule has 23 heavy (non-hydrogen) atoms. The molecule has 0 atom stereocenters. The summed E-state index contributed by atoms with van der Waals surface area (Å²) in [7, 11) is 0. The summed E-state index contributed by atoms with van der Waals surface area (Å²) in [5, 5.41) is 2.22. The lowest BCUT2D eigenvalue weighted by Gasteiger charge is -2.18. The first kappa shape index (κ1) is 15.0. The van der Waals surface area contributed by atoms with Gasteiger partial charge < -0.3 is 0 Å². The Bertz CT molecular complexity index is 820. The van der Waals surface area contributed by atoms with Crippen molar-refractivity contribution in [3.8, 4) is 0 Å². The van der Waals surface area contributed by atoms with E-state index in [4.69, 9.17) is 0 Å². The Hall–Kier alpha value is -2.89. The summed E-state index contributed by atoms with van der Waals surface area (Å²) >= 11 is 0. The molecule has 0 aliphatic carbocycles. The smallest absolute Gasteiger partial charge is 0.288 e. The van der Waals surface area contributed by atoms with E-state index < -0.39 is 23.6 Å². The summed E-state index contributed by atoms with van der Waals surface area (Å²) in [5.74, 6) is -1.07. The van der Waals surface area contributed by atoms with Crippen LogP contribution in [0.3, 0.4) is 0 Å². The van der Waals surface area contributed by atoms with E-state index in [1.165, 1.54) is 18.2 Å². The van der Waals surface area contributed by atoms with Crippen LogP contribution in [0.25, 0.3) is 11.6 Å². The molecule has 3 rings (SSSR count). The molecule has 0 aromatic heterocycles. The van der Waals surface area contributed by atoms with Crippen LogP contribution >= 0.6 is 0 Å². The van der Waals surface area contributed by atoms with Crippen LogP contribution in [0, 0.1) is 0 Å². The molecule has 3 nitrogen and oxygen atoms in total. The fraction of sp³-hybridized carbons (Fsp3) is 0.0588. The van der Waals surface area contributed by atoms with Crippen molar-refractivity contribution >= 4 is 23.5 Å². The van der Waals surface area contributed by atoms with Gasteiger partial charge in [-0.2, -0.15) is 13.2 Å². The number of alkyl halides is 3. The molecular formula is C17H10F3NO2. The van der Waals surface area contributed by atoms with Crippen molar-refractivity contribution in [2.45, 2.75) is 6.18 Å². The highest BCUT2D eigenvalue weighted by Gasteiger charge is 2.30. The van der Waals surface area contributed by atoms with Gasteiger partial charge in [0.15, 0.2) is 0 Å². The molecule has 0 unspecified atom stereocenters. The number of carbonyl (C=O) groups excluding carboxylic acids is 2. The van der Waals surface area contributed by atoms with E-state index in [1.807, 2.05) is 0 Å². The summed E-state index contributed by atoms with van der Waals surface area (Å²) < 4.78 is 37.7. The van der Waals surface area contributed by atoms with Gasteiger partial charge in [-0.15, -0.1) is 0 Å². The van der Waals surface area contributed by atoms with Crippen molar-refractivity contribution < 1.29 is 22.8 Å². The molecule has 1 aliphatic heterocycles. The molecule has 1 aliphatic rings. The van der Waals surface area contributed by atoms with Crippen molar-refractivity contribution in [3.05, 3.63) is 70.8 Å². The van der Waals surface area contributed by atoms with Gasteiger partial charge in [-0.1, -0.05) is 30.3 Å². The minimum atomic E-state index is -4.41. The Morgan fingerprint density at radius 2 is 1.43 bits per heavy atom. The van der Waals surface area contributed by atoms with E-state index in [2.05, 4.69) is 5.32 Å². The Morgan fingerprint density at radius 3 is 2.04 bits per heavy atom. The molecule has 6 heteroatoms. The van der Waals surface area contributed by atoms with Crippen LogP contribution in [-0.2, 0) is 11.0 Å². The predicted octanol–water partition coefficient (Wildman–Crippen LogP) is 3.52. The van der Waals surface area contributed by atoms with Gasteiger partial charge in [-0.3, -0.25) is 14.9 Å². The van der Waals surface area contributed by atoms with Crippen molar-refractivity contribution in [3.63, 3.8) is 0 Å². The van der Waals surface area contributed by atoms with E-state index >= 15 is 0 Å². The van der Waals surface area contributed by atoms with E-state index in [9.17, 15) is 22.8 Å². The lowest BCUT2D eigenvalue weighted by molar-refractivity contribution is -0.137. The zero-order valence-corrected chi connectivity index (χ0v) is 11.6. The SMILES string of the molecule is O=C1NC(=O)c2ccccc2/C1=C\c1ccc(C(F)(F)F)cc1. The van der Waals surface area contributed by atoms with Gasteiger partial charge in [0, 0.05) is 11.1 Å². The van der Waals surface area contributed by atoms with Gasteiger partial charge >= 0.3 is 6.18 Å². The fourth-order valence-electron chi connectivity index (χ4n) is 2.35. The van der Waals surface area contributed by atoms with Crippen molar-refractivity contribution in [1.29, 1.82) is 0 Å². The summed E-state index contributed by atoms with van der Waals surface area (Å²) in [6, 6.07) is 11.0. The number of hydrogen-bond acceptors (Lipinski definition) is 2. The largest absolute Gasteiger partial charge is 0.416 e. The maximum absolute atomic E-state index is 12.6. The van der Waals surface area contributed by atoms with Crippen molar-refractivity contribution in [2.75, 3.05) is 0 Å². The molecule has 1 heterocycles. The number of halogens is 3. The van der Waals surface area contributed by atoms with Gasteiger partial charge in [0.2, 0.25) is 0 Å². The van der Waals surface area contributed by atoms with Crippen LogP contribution < -0.4 is 5.32 Å². The molecule has 0 bridgehead atoms. The third kappa shape index (κ3) is 2.88. The normalized spacial score (nSPS) is 16.2. The number of amides is 2. The van der Waals surface area contributed by atoms with E-state index in [0.717, 1.165) is 12.1 Å². The molecule has 2 amide bonds. The second kappa shape index (κ2) is 5.39. The Balaban J connectivity index is 2.04. The molecule has 0 saturated carbocycles. The van der Waals surface area contributed by atoms with Gasteiger partial charge in [-0.25, -0.2) is 0 Å². The number of hydrogen-bond donors (Lipinski definition) is 1. The van der Waals surface area contributed by atoms with Gasteiger partial charge in [0.1, 0.15) is 0 Å². The standard InChI is InChI=1S/C17H10F3NO2/c18-17(19,20)11-7-5-10(6-8-11)9-14-12-3-1-2-4-13(12)15(22)21-16(14)23/h1-9H,(H,21,22,23)/b14-9+. The van der Waals surface area contributed by atoms with Crippen molar-refractivity contribution in [2.24, 2.45) is 0 Å². The molecule has 0 saturated heterocycles. The van der Waals surface area contributed by atoms with Crippen LogP contribution in [-0.4, -0.2) is 11.8 Å². The highest BCUT2D eigenvalue weighted by molar-refractivity contribution is 6.33. The van der Waals surface area contributed by atoms with Crippen molar-refractivity contribution in [1.82, 2.24) is 5.32 Å².